The van der Waals surface area contributed by atoms with Crippen LogP contribution in [0.25, 0.3) is 11.3 Å². The summed E-state index contributed by atoms with van der Waals surface area (Å²) in [7, 11) is 0. The second kappa shape index (κ2) is 8.05. The fraction of sp³-hybridized carbons (Fsp3) is 0.471. The third-order valence-electron chi connectivity index (χ3n) is 3.39. The van der Waals surface area contributed by atoms with Gasteiger partial charge < -0.3 is 5.32 Å². The van der Waals surface area contributed by atoms with E-state index in [-0.39, 0.29) is 0 Å². The molecule has 0 amide bonds. The van der Waals surface area contributed by atoms with Gasteiger partial charge in [0.25, 0.3) is 0 Å². The quantitative estimate of drug-likeness (QED) is 0.649. The maximum atomic E-state index is 4.54. The van der Waals surface area contributed by atoms with Crippen LogP contribution >= 0.6 is 11.3 Å². The summed E-state index contributed by atoms with van der Waals surface area (Å²) in [4.78, 5) is 4.54. The molecular weight excluding hydrogens is 264 g/mol. The van der Waals surface area contributed by atoms with Gasteiger partial charge in [0.15, 0.2) is 0 Å². The maximum absolute atomic E-state index is 4.54. The molecule has 2 aromatic rings. The first-order chi connectivity index (χ1) is 9.79. The first kappa shape index (κ1) is 15.0. The number of aromatic nitrogens is 1. The Morgan fingerprint density at radius 1 is 1.15 bits per heavy atom. The van der Waals surface area contributed by atoms with Gasteiger partial charge in [-0.1, -0.05) is 44.7 Å². The molecule has 2 nitrogen and oxygen atoms in total. The van der Waals surface area contributed by atoms with E-state index < -0.39 is 0 Å². The molecule has 0 bridgehead atoms. The lowest BCUT2D eigenvalue weighted by Gasteiger charge is -2.07. The lowest BCUT2D eigenvalue weighted by molar-refractivity contribution is 0.645. The predicted molar refractivity (Wildman–Crippen MR) is 89.5 cm³/mol. The SMILES string of the molecule is CCCCCCCNc1cccc(-c2csc(C)n2)c1. The molecule has 0 radical (unpaired) electrons. The summed E-state index contributed by atoms with van der Waals surface area (Å²) < 4.78 is 0. The average Bonchev–Trinajstić information content (AvgIpc) is 2.90. The van der Waals surface area contributed by atoms with Crippen molar-refractivity contribution in [3.8, 4) is 11.3 Å². The van der Waals surface area contributed by atoms with E-state index >= 15 is 0 Å². The summed E-state index contributed by atoms with van der Waals surface area (Å²) in [5.74, 6) is 0. The van der Waals surface area contributed by atoms with Gasteiger partial charge in [0.1, 0.15) is 0 Å². The molecule has 1 aromatic heterocycles. The number of nitrogens with one attached hydrogen (secondary N) is 1. The van der Waals surface area contributed by atoms with Crippen LogP contribution in [-0.2, 0) is 0 Å². The second-order valence-corrected chi connectivity index (χ2v) is 6.24. The number of hydrogen-bond donors (Lipinski definition) is 1. The number of benzene rings is 1. The zero-order chi connectivity index (χ0) is 14.2. The van der Waals surface area contributed by atoms with Crippen LogP contribution in [0.1, 0.15) is 44.0 Å². The molecule has 2 rings (SSSR count). The molecule has 0 spiro atoms. The largest absolute Gasteiger partial charge is 0.385 e. The van der Waals surface area contributed by atoms with Crippen LogP contribution < -0.4 is 5.32 Å². The summed E-state index contributed by atoms with van der Waals surface area (Å²) in [5.41, 5.74) is 3.48. The van der Waals surface area contributed by atoms with Crippen molar-refractivity contribution in [2.75, 3.05) is 11.9 Å². The molecule has 1 heterocycles. The van der Waals surface area contributed by atoms with Gasteiger partial charge in [-0.25, -0.2) is 4.98 Å². The van der Waals surface area contributed by atoms with Crippen LogP contribution in [-0.4, -0.2) is 11.5 Å². The van der Waals surface area contributed by atoms with E-state index in [1.807, 2.05) is 6.92 Å². The highest BCUT2D eigenvalue weighted by molar-refractivity contribution is 7.09. The van der Waals surface area contributed by atoms with E-state index in [1.165, 1.54) is 43.4 Å². The van der Waals surface area contributed by atoms with Crippen molar-refractivity contribution in [1.82, 2.24) is 4.98 Å². The summed E-state index contributed by atoms with van der Waals surface area (Å²) in [6, 6.07) is 8.56. The van der Waals surface area contributed by atoms with E-state index in [2.05, 4.69) is 46.9 Å². The van der Waals surface area contributed by atoms with Crippen molar-refractivity contribution in [3.63, 3.8) is 0 Å². The average molecular weight is 288 g/mol. The van der Waals surface area contributed by atoms with Crippen LogP contribution in [0.4, 0.5) is 5.69 Å². The smallest absolute Gasteiger partial charge is 0.0901 e. The third-order valence-corrected chi connectivity index (χ3v) is 4.16. The van der Waals surface area contributed by atoms with Gasteiger partial charge in [-0.2, -0.15) is 0 Å². The van der Waals surface area contributed by atoms with E-state index in [4.69, 9.17) is 0 Å². The van der Waals surface area contributed by atoms with Gasteiger partial charge in [0.2, 0.25) is 0 Å². The Kier molecular flexibility index (Phi) is 6.06. The van der Waals surface area contributed by atoms with E-state index in [0.717, 1.165) is 17.2 Å². The summed E-state index contributed by atoms with van der Waals surface area (Å²) in [6.45, 7) is 5.36. The minimum Gasteiger partial charge on any atom is -0.385 e. The van der Waals surface area contributed by atoms with E-state index in [0.29, 0.717) is 0 Å². The molecule has 0 aliphatic rings. The first-order valence-electron chi connectivity index (χ1n) is 7.56. The maximum Gasteiger partial charge on any atom is 0.0901 e. The summed E-state index contributed by atoms with van der Waals surface area (Å²) in [5, 5.41) is 6.76. The number of unbranched alkanes of at least 4 members (excludes halogenated alkanes) is 4. The molecule has 1 aromatic carbocycles. The highest BCUT2D eigenvalue weighted by atomic mass is 32.1. The highest BCUT2D eigenvalue weighted by Crippen LogP contribution is 2.24. The van der Waals surface area contributed by atoms with Crippen molar-refractivity contribution < 1.29 is 0 Å². The second-order valence-electron chi connectivity index (χ2n) is 5.17. The molecule has 0 fully saturated rings. The highest BCUT2D eigenvalue weighted by Gasteiger charge is 2.02. The molecule has 0 aliphatic heterocycles. The Labute approximate surface area is 126 Å². The van der Waals surface area contributed by atoms with Gasteiger partial charge in [-0.3, -0.25) is 0 Å². The Bertz CT molecular complexity index is 519. The summed E-state index contributed by atoms with van der Waals surface area (Å²) in [6.07, 6.45) is 6.60. The molecule has 0 saturated carbocycles. The Hall–Kier alpha value is -1.35. The van der Waals surface area contributed by atoms with E-state index in [9.17, 15) is 0 Å². The van der Waals surface area contributed by atoms with Crippen molar-refractivity contribution in [1.29, 1.82) is 0 Å². The van der Waals surface area contributed by atoms with Crippen LogP contribution in [0, 0.1) is 6.92 Å². The molecule has 0 aliphatic carbocycles. The van der Waals surface area contributed by atoms with Crippen LogP contribution in [0.5, 0.6) is 0 Å². The van der Waals surface area contributed by atoms with Gasteiger partial charge in [0, 0.05) is 23.2 Å². The van der Waals surface area contributed by atoms with Gasteiger partial charge in [-0.05, 0) is 25.5 Å². The molecule has 0 saturated heterocycles. The molecule has 0 unspecified atom stereocenters. The van der Waals surface area contributed by atoms with Crippen LogP contribution in [0.15, 0.2) is 29.6 Å². The van der Waals surface area contributed by atoms with Crippen molar-refractivity contribution in [2.24, 2.45) is 0 Å². The topological polar surface area (TPSA) is 24.9 Å². The Morgan fingerprint density at radius 3 is 2.75 bits per heavy atom. The fourth-order valence-corrected chi connectivity index (χ4v) is 2.87. The number of aryl methyl sites for hydroxylation is 1. The lowest BCUT2D eigenvalue weighted by Crippen LogP contribution is -2.01. The molecule has 1 N–H and O–H groups in total. The minimum atomic E-state index is 1.06. The number of anilines is 1. The zero-order valence-corrected chi connectivity index (χ0v) is 13.3. The molecular formula is C17H24N2S. The van der Waals surface area contributed by atoms with E-state index in [1.54, 1.807) is 11.3 Å². The van der Waals surface area contributed by atoms with Gasteiger partial charge in [-0.15, -0.1) is 11.3 Å². The first-order valence-corrected chi connectivity index (χ1v) is 8.44. The zero-order valence-electron chi connectivity index (χ0n) is 12.5. The molecule has 0 atom stereocenters. The Balaban J connectivity index is 1.84. The standard InChI is InChI=1S/C17H24N2S/c1-3-4-5-6-7-11-18-16-10-8-9-15(12-16)17-13-20-14(2)19-17/h8-10,12-13,18H,3-7,11H2,1-2H3. The fourth-order valence-electron chi connectivity index (χ4n) is 2.25. The minimum absolute atomic E-state index is 1.06. The number of nitrogens with zero attached hydrogens (tertiary/aromatic N) is 1. The van der Waals surface area contributed by atoms with Gasteiger partial charge >= 0.3 is 0 Å². The number of thiazole rings is 1. The molecule has 3 heteroatoms. The summed E-state index contributed by atoms with van der Waals surface area (Å²) >= 11 is 1.70. The van der Waals surface area contributed by atoms with Crippen molar-refractivity contribution in [2.45, 2.75) is 46.0 Å². The Morgan fingerprint density at radius 2 is 2.00 bits per heavy atom. The normalized spacial score (nSPS) is 10.7. The molecule has 108 valence electrons. The van der Waals surface area contributed by atoms with Gasteiger partial charge in [0.05, 0.1) is 10.7 Å². The monoisotopic (exact) mass is 288 g/mol. The lowest BCUT2D eigenvalue weighted by atomic mass is 10.1. The third kappa shape index (κ3) is 4.64. The number of hydrogen-bond acceptors (Lipinski definition) is 3. The van der Waals surface area contributed by atoms with Crippen molar-refractivity contribution >= 4 is 17.0 Å². The van der Waals surface area contributed by atoms with Crippen LogP contribution in [0.2, 0.25) is 0 Å². The number of rotatable bonds is 8. The predicted octanol–water partition coefficient (Wildman–Crippen LogP) is 5.50. The van der Waals surface area contributed by atoms with Crippen molar-refractivity contribution in [3.05, 3.63) is 34.7 Å². The van der Waals surface area contributed by atoms with Crippen LogP contribution in [0.3, 0.4) is 0 Å². The molecule has 20 heavy (non-hydrogen) atoms.